The second kappa shape index (κ2) is 12.6. The van der Waals surface area contributed by atoms with E-state index >= 15 is 0 Å². The summed E-state index contributed by atoms with van der Waals surface area (Å²) in [6.07, 6.45) is 0. The van der Waals surface area contributed by atoms with Crippen molar-refractivity contribution in [3.63, 3.8) is 0 Å². The highest BCUT2D eigenvalue weighted by Crippen LogP contribution is 2.11. The molecule has 4 nitrogen and oxygen atoms in total. The van der Waals surface area contributed by atoms with Gasteiger partial charge in [0.2, 0.25) is 11.8 Å². The Balaban J connectivity index is 4.51. The predicted octanol–water partition coefficient (Wildman–Crippen LogP) is 4.00. The van der Waals surface area contributed by atoms with Crippen molar-refractivity contribution < 1.29 is 9.59 Å². The third kappa shape index (κ3) is 12.3. The SMILES string of the molecule is CC(C)CN(CC(C)C)C(=O)CSCC(=O)N(CC(C)C)CC(C)C. The molecule has 0 saturated carbocycles. The first kappa shape index (κ1) is 24.3. The maximum absolute atomic E-state index is 12.5. The van der Waals surface area contributed by atoms with Crippen LogP contribution in [0.5, 0.6) is 0 Å². The fraction of sp³-hybridized carbons (Fsp3) is 0.900. The Morgan fingerprint density at radius 1 is 0.600 bits per heavy atom. The molecule has 0 atom stereocenters. The Labute approximate surface area is 160 Å². The summed E-state index contributed by atoms with van der Waals surface area (Å²) < 4.78 is 0. The van der Waals surface area contributed by atoms with Crippen molar-refractivity contribution in [2.24, 2.45) is 23.7 Å². The molecule has 0 heterocycles. The molecule has 0 saturated heterocycles. The zero-order chi connectivity index (χ0) is 19.6. The summed E-state index contributed by atoms with van der Waals surface area (Å²) in [6, 6.07) is 0. The summed E-state index contributed by atoms with van der Waals surface area (Å²) in [7, 11) is 0. The van der Waals surface area contributed by atoms with E-state index < -0.39 is 0 Å². The standard InChI is InChI=1S/C20H40N2O2S/c1-15(2)9-21(10-16(3)4)19(23)13-25-14-20(24)22(11-17(5)6)12-18(7)8/h15-18H,9-14H2,1-8H3. The smallest absolute Gasteiger partial charge is 0.232 e. The van der Waals surface area contributed by atoms with E-state index in [1.165, 1.54) is 11.8 Å². The van der Waals surface area contributed by atoms with E-state index in [0.717, 1.165) is 26.2 Å². The van der Waals surface area contributed by atoms with Gasteiger partial charge in [-0.1, -0.05) is 55.4 Å². The molecular weight excluding hydrogens is 332 g/mol. The van der Waals surface area contributed by atoms with E-state index in [1.807, 2.05) is 9.80 Å². The quantitative estimate of drug-likeness (QED) is 0.520. The predicted molar refractivity (Wildman–Crippen MR) is 110 cm³/mol. The maximum atomic E-state index is 12.5. The van der Waals surface area contributed by atoms with Crippen LogP contribution in [-0.2, 0) is 9.59 Å². The molecule has 2 amide bonds. The third-order valence-electron chi connectivity index (χ3n) is 3.50. The maximum Gasteiger partial charge on any atom is 0.232 e. The van der Waals surface area contributed by atoms with E-state index in [-0.39, 0.29) is 11.8 Å². The molecule has 0 aliphatic heterocycles. The lowest BCUT2D eigenvalue weighted by Crippen LogP contribution is -2.39. The zero-order valence-corrected chi connectivity index (χ0v) is 18.5. The first-order chi connectivity index (χ1) is 11.5. The van der Waals surface area contributed by atoms with E-state index in [4.69, 9.17) is 0 Å². The number of hydrogen-bond donors (Lipinski definition) is 0. The lowest BCUT2D eigenvalue weighted by Gasteiger charge is -2.27. The second-order valence-corrected chi connectivity index (χ2v) is 9.65. The van der Waals surface area contributed by atoms with E-state index in [9.17, 15) is 9.59 Å². The minimum atomic E-state index is 0.152. The Morgan fingerprint density at radius 2 is 0.840 bits per heavy atom. The molecule has 0 aromatic carbocycles. The van der Waals surface area contributed by atoms with Crippen LogP contribution < -0.4 is 0 Å². The summed E-state index contributed by atoms with van der Waals surface area (Å²) in [5, 5.41) is 0. The van der Waals surface area contributed by atoms with Gasteiger partial charge in [0.05, 0.1) is 11.5 Å². The highest BCUT2D eigenvalue weighted by Gasteiger charge is 2.19. The molecule has 0 aliphatic rings. The molecule has 0 bridgehead atoms. The van der Waals surface area contributed by atoms with Crippen LogP contribution in [0, 0.1) is 23.7 Å². The fourth-order valence-corrected chi connectivity index (χ4v) is 3.54. The van der Waals surface area contributed by atoms with E-state index in [2.05, 4.69) is 55.4 Å². The highest BCUT2D eigenvalue weighted by molar-refractivity contribution is 8.00. The normalized spacial score (nSPS) is 11.7. The minimum Gasteiger partial charge on any atom is -0.341 e. The van der Waals surface area contributed by atoms with Crippen molar-refractivity contribution in [1.29, 1.82) is 0 Å². The molecule has 0 radical (unpaired) electrons. The largest absolute Gasteiger partial charge is 0.341 e. The van der Waals surface area contributed by atoms with Gasteiger partial charge in [0, 0.05) is 26.2 Å². The van der Waals surface area contributed by atoms with Crippen LogP contribution in [0.2, 0.25) is 0 Å². The van der Waals surface area contributed by atoms with Gasteiger partial charge in [0.15, 0.2) is 0 Å². The molecule has 148 valence electrons. The fourth-order valence-electron chi connectivity index (χ4n) is 2.73. The first-order valence-corrected chi connectivity index (χ1v) is 10.8. The van der Waals surface area contributed by atoms with Gasteiger partial charge in [-0.3, -0.25) is 9.59 Å². The summed E-state index contributed by atoms with van der Waals surface area (Å²) in [4.78, 5) is 28.9. The Hall–Kier alpha value is -0.710. The molecule has 0 fully saturated rings. The zero-order valence-electron chi connectivity index (χ0n) is 17.7. The van der Waals surface area contributed by atoms with Crippen molar-refractivity contribution in [1.82, 2.24) is 9.80 Å². The van der Waals surface area contributed by atoms with Crippen LogP contribution in [0.4, 0.5) is 0 Å². The van der Waals surface area contributed by atoms with Crippen LogP contribution in [-0.4, -0.2) is 59.3 Å². The average molecular weight is 373 g/mol. The first-order valence-electron chi connectivity index (χ1n) is 9.66. The van der Waals surface area contributed by atoms with Crippen LogP contribution in [0.1, 0.15) is 55.4 Å². The molecule has 5 heteroatoms. The van der Waals surface area contributed by atoms with Gasteiger partial charge >= 0.3 is 0 Å². The number of thioether (sulfide) groups is 1. The van der Waals surface area contributed by atoms with Crippen molar-refractivity contribution in [3.8, 4) is 0 Å². The molecule has 0 spiro atoms. The van der Waals surface area contributed by atoms with Gasteiger partial charge in [-0.2, -0.15) is 0 Å². The monoisotopic (exact) mass is 372 g/mol. The summed E-state index contributed by atoms with van der Waals surface area (Å²) in [6.45, 7) is 20.2. The molecule has 0 N–H and O–H groups in total. The van der Waals surface area contributed by atoms with Crippen LogP contribution >= 0.6 is 11.8 Å². The van der Waals surface area contributed by atoms with Crippen molar-refractivity contribution in [2.45, 2.75) is 55.4 Å². The molecule has 0 aromatic rings. The van der Waals surface area contributed by atoms with Gasteiger partial charge < -0.3 is 9.80 Å². The highest BCUT2D eigenvalue weighted by atomic mass is 32.2. The molecule has 0 aliphatic carbocycles. The van der Waals surface area contributed by atoms with Crippen molar-refractivity contribution >= 4 is 23.6 Å². The topological polar surface area (TPSA) is 40.6 Å². The summed E-state index contributed by atoms with van der Waals surface area (Å²) in [5.74, 6) is 2.93. The van der Waals surface area contributed by atoms with Crippen molar-refractivity contribution in [3.05, 3.63) is 0 Å². The average Bonchev–Trinajstić information content (AvgIpc) is 2.43. The Morgan fingerprint density at radius 3 is 1.04 bits per heavy atom. The number of nitrogens with zero attached hydrogens (tertiary/aromatic N) is 2. The lowest BCUT2D eigenvalue weighted by atomic mass is 10.1. The van der Waals surface area contributed by atoms with Gasteiger partial charge in [0.25, 0.3) is 0 Å². The van der Waals surface area contributed by atoms with Gasteiger partial charge in [-0.05, 0) is 23.7 Å². The third-order valence-corrected chi connectivity index (χ3v) is 4.40. The molecule has 0 rings (SSSR count). The van der Waals surface area contributed by atoms with Gasteiger partial charge in [-0.25, -0.2) is 0 Å². The Bertz CT molecular complexity index is 339. The number of hydrogen-bond acceptors (Lipinski definition) is 3. The van der Waals surface area contributed by atoms with Crippen LogP contribution in [0.15, 0.2) is 0 Å². The second-order valence-electron chi connectivity index (χ2n) is 8.67. The van der Waals surface area contributed by atoms with Crippen LogP contribution in [0.3, 0.4) is 0 Å². The number of amides is 2. The minimum absolute atomic E-state index is 0.152. The van der Waals surface area contributed by atoms with Crippen molar-refractivity contribution in [2.75, 3.05) is 37.7 Å². The Kier molecular flexibility index (Phi) is 12.3. The lowest BCUT2D eigenvalue weighted by molar-refractivity contribution is -0.129. The van der Waals surface area contributed by atoms with Gasteiger partial charge in [-0.15, -0.1) is 11.8 Å². The number of rotatable bonds is 12. The van der Waals surface area contributed by atoms with Gasteiger partial charge in [0.1, 0.15) is 0 Å². The molecule has 0 aromatic heterocycles. The number of carbonyl (C=O) groups excluding carboxylic acids is 2. The summed E-state index contributed by atoms with van der Waals surface area (Å²) >= 11 is 1.45. The molecular formula is C20H40N2O2S. The van der Waals surface area contributed by atoms with E-state index in [1.54, 1.807) is 0 Å². The van der Waals surface area contributed by atoms with Crippen LogP contribution in [0.25, 0.3) is 0 Å². The molecule has 25 heavy (non-hydrogen) atoms. The number of carbonyl (C=O) groups is 2. The summed E-state index contributed by atoms with van der Waals surface area (Å²) in [5.41, 5.74) is 0. The van der Waals surface area contributed by atoms with E-state index in [0.29, 0.717) is 35.2 Å². The molecule has 0 unspecified atom stereocenters.